The van der Waals surface area contributed by atoms with Crippen LogP contribution in [0.1, 0.15) is 44.1 Å². The van der Waals surface area contributed by atoms with Gasteiger partial charge in [0.2, 0.25) is 0 Å². The molecule has 4 nitrogen and oxygen atoms in total. The van der Waals surface area contributed by atoms with Gasteiger partial charge >= 0.3 is 5.97 Å². The Hall–Kier alpha value is -1.42. The van der Waals surface area contributed by atoms with Crippen LogP contribution in [0.15, 0.2) is 24.5 Å². The second kappa shape index (κ2) is 6.84. The van der Waals surface area contributed by atoms with Crippen molar-refractivity contribution in [1.29, 1.82) is 0 Å². The molecule has 1 heterocycles. The van der Waals surface area contributed by atoms with Gasteiger partial charge < -0.3 is 10.0 Å². The monoisotopic (exact) mass is 276 g/mol. The molecule has 1 aromatic rings. The van der Waals surface area contributed by atoms with E-state index in [0.717, 1.165) is 37.8 Å². The van der Waals surface area contributed by atoms with E-state index in [1.165, 1.54) is 12.8 Å². The third-order valence-corrected chi connectivity index (χ3v) is 4.26. The molecule has 0 bridgehead atoms. The Balaban J connectivity index is 2.02. The molecule has 1 fully saturated rings. The van der Waals surface area contributed by atoms with E-state index in [2.05, 4.69) is 9.88 Å². The van der Waals surface area contributed by atoms with E-state index in [0.29, 0.717) is 6.54 Å². The highest BCUT2D eigenvalue weighted by Crippen LogP contribution is 2.36. The third kappa shape index (κ3) is 3.79. The van der Waals surface area contributed by atoms with Gasteiger partial charge in [-0.2, -0.15) is 0 Å². The highest BCUT2D eigenvalue weighted by atomic mass is 16.4. The second-order valence-corrected chi connectivity index (χ2v) is 6.03. The van der Waals surface area contributed by atoms with Gasteiger partial charge in [-0.1, -0.05) is 31.7 Å². The van der Waals surface area contributed by atoms with Crippen LogP contribution in [-0.4, -0.2) is 34.6 Å². The van der Waals surface area contributed by atoms with Gasteiger partial charge in [0.25, 0.3) is 0 Å². The predicted octanol–water partition coefficient (Wildman–Crippen LogP) is 2.94. The summed E-state index contributed by atoms with van der Waals surface area (Å²) in [6.45, 7) is 1.38. The highest BCUT2D eigenvalue weighted by Gasteiger charge is 2.39. The molecule has 1 saturated carbocycles. The van der Waals surface area contributed by atoms with Crippen LogP contribution in [-0.2, 0) is 11.3 Å². The van der Waals surface area contributed by atoms with Crippen LogP contribution in [0, 0.1) is 5.41 Å². The molecule has 0 spiro atoms. The normalized spacial score (nSPS) is 18.7. The molecule has 0 aromatic carbocycles. The molecular formula is C16H24N2O2. The van der Waals surface area contributed by atoms with Crippen molar-refractivity contribution < 1.29 is 9.90 Å². The second-order valence-electron chi connectivity index (χ2n) is 6.03. The Morgan fingerprint density at radius 2 is 2.05 bits per heavy atom. The van der Waals surface area contributed by atoms with Crippen LogP contribution < -0.4 is 0 Å². The summed E-state index contributed by atoms with van der Waals surface area (Å²) in [5.41, 5.74) is 0.567. The smallest absolute Gasteiger partial charge is 0.310 e. The van der Waals surface area contributed by atoms with Gasteiger partial charge in [0.1, 0.15) is 0 Å². The van der Waals surface area contributed by atoms with Gasteiger partial charge in [0.15, 0.2) is 0 Å². The molecule has 0 unspecified atom stereocenters. The van der Waals surface area contributed by atoms with Crippen LogP contribution in [0.5, 0.6) is 0 Å². The summed E-state index contributed by atoms with van der Waals surface area (Å²) in [6, 6.07) is 3.95. The van der Waals surface area contributed by atoms with E-state index in [4.69, 9.17) is 0 Å². The number of hydrogen-bond acceptors (Lipinski definition) is 3. The van der Waals surface area contributed by atoms with Crippen LogP contribution in [0.3, 0.4) is 0 Å². The number of carbonyl (C=O) groups is 1. The van der Waals surface area contributed by atoms with Crippen molar-refractivity contribution in [2.75, 3.05) is 13.6 Å². The maximum atomic E-state index is 11.8. The van der Waals surface area contributed by atoms with Crippen molar-refractivity contribution >= 4 is 5.97 Å². The first-order chi connectivity index (χ1) is 9.62. The SMILES string of the molecule is CN(Cc1cccnc1)CC1(C(=O)O)CCCCCC1. The lowest BCUT2D eigenvalue weighted by atomic mass is 9.80. The maximum Gasteiger partial charge on any atom is 0.310 e. The number of aromatic nitrogens is 1. The minimum absolute atomic E-state index is 0.562. The first kappa shape index (κ1) is 15.0. The van der Waals surface area contributed by atoms with Gasteiger partial charge in [-0.3, -0.25) is 9.78 Å². The number of carboxylic acid groups (broad SMARTS) is 1. The zero-order valence-electron chi connectivity index (χ0n) is 12.2. The number of pyridine rings is 1. The first-order valence-electron chi connectivity index (χ1n) is 7.43. The Labute approximate surface area is 120 Å². The van der Waals surface area contributed by atoms with E-state index in [-0.39, 0.29) is 0 Å². The fourth-order valence-corrected chi connectivity index (χ4v) is 3.22. The summed E-state index contributed by atoms with van der Waals surface area (Å²) in [5.74, 6) is -0.627. The number of aliphatic carboxylic acids is 1. The quantitative estimate of drug-likeness (QED) is 0.840. The van der Waals surface area contributed by atoms with Crippen molar-refractivity contribution in [3.8, 4) is 0 Å². The molecule has 0 aliphatic heterocycles. The molecule has 1 aliphatic carbocycles. The molecular weight excluding hydrogens is 252 g/mol. The molecule has 0 atom stereocenters. The molecule has 4 heteroatoms. The fourth-order valence-electron chi connectivity index (χ4n) is 3.22. The van der Waals surface area contributed by atoms with E-state index < -0.39 is 11.4 Å². The van der Waals surface area contributed by atoms with E-state index in [9.17, 15) is 9.90 Å². The average molecular weight is 276 g/mol. The van der Waals surface area contributed by atoms with Crippen molar-refractivity contribution in [2.45, 2.75) is 45.1 Å². The van der Waals surface area contributed by atoms with Gasteiger partial charge in [-0.25, -0.2) is 0 Å². The lowest BCUT2D eigenvalue weighted by Crippen LogP contribution is -2.41. The zero-order valence-corrected chi connectivity index (χ0v) is 12.2. The average Bonchev–Trinajstić information content (AvgIpc) is 2.66. The standard InChI is InChI=1S/C16H24N2O2/c1-18(12-14-7-6-10-17-11-14)13-16(15(19)20)8-4-2-3-5-9-16/h6-7,10-11H,2-5,8-9,12-13H2,1H3,(H,19,20). The topological polar surface area (TPSA) is 53.4 Å². The van der Waals surface area contributed by atoms with Gasteiger partial charge in [0.05, 0.1) is 5.41 Å². The van der Waals surface area contributed by atoms with Crippen molar-refractivity contribution in [3.63, 3.8) is 0 Å². The maximum absolute atomic E-state index is 11.8. The van der Waals surface area contributed by atoms with Crippen LogP contribution in [0.4, 0.5) is 0 Å². The predicted molar refractivity (Wildman–Crippen MR) is 78.3 cm³/mol. The van der Waals surface area contributed by atoms with Crippen molar-refractivity contribution in [3.05, 3.63) is 30.1 Å². The summed E-state index contributed by atoms with van der Waals surface area (Å²) >= 11 is 0. The van der Waals surface area contributed by atoms with Crippen LogP contribution in [0.2, 0.25) is 0 Å². The Kier molecular flexibility index (Phi) is 5.12. The molecule has 1 aliphatic rings. The summed E-state index contributed by atoms with van der Waals surface area (Å²) in [4.78, 5) is 18.0. The Bertz CT molecular complexity index is 425. The van der Waals surface area contributed by atoms with Crippen LogP contribution >= 0.6 is 0 Å². The summed E-state index contributed by atoms with van der Waals surface area (Å²) in [6.07, 6.45) is 9.62. The number of nitrogens with zero attached hydrogens (tertiary/aromatic N) is 2. The minimum atomic E-state index is -0.627. The van der Waals surface area contributed by atoms with Gasteiger partial charge in [-0.05, 0) is 31.5 Å². The van der Waals surface area contributed by atoms with Crippen molar-refractivity contribution in [1.82, 2.24) is 9.88 Å². The molecule has 110 valence electrons. The minimum Gasteiger partial charge on any atom is -0.481 e. The molecule has 0 amide bonds. The Morgan fingerprint density at radius 3 is 2.60 bits per heavy atom. The number of rotatable bonds is 5. The van der Waals surface area contributed by atoms with E-state index in [1.807, 2.05) is 25.4 Å². The van der Waals surface area contributed by atoms with Crippen LogP contribution in [0.25, 0.3) is 0 Å². The van der Waals surface area contributed by atoms with E-state index in [1.54, 1.807) is 6.20 Å². The number of hydrogen-bond donors (Lipinski definition) is 1. The first-order valence-corrected chi connectivity index (χ1v) is 7.43. The van der Waals surface area contributed by atoms with Gasteiger partial charge in [-0.15, -0.1) is 0 Å². The summed E-state index contributed by atoms with van der Waals surface area (Å²) < 4.78 is 0. The van der Waals surface area contributed by atoms with E-state index >= 15 is 0 Å². The molecule has 1 N–H and O–H groups in total. The molecule has 0 saturated heterocycles. The summed E-state index contributed by atoms with van der Waals surface area (Å²) in [7, 11) is 2.00. The zero-order chi connectivity index (χ0) is 14.4. The number of carboxylic acids is 1. The molecule has 0 radical (unpaired) electrons. The highest BCUT2D eigenvalue weighted by molar-refractivity contribution is 5.75. The Morgan fingerprint density at radius 1 is 1.35 bits per heavy atom. The lowest BCUT2D eigenvalue weighted by molar-refractivity contribution is -0.151. The van der Waals surface area contributed by atoms with Gasteiger partial charge in [0, 0.05) is 25.5 Å². The lowest BCUT2D eigenvalue weighted by Gasteiger charge is -2.32. The third-order valence-electron chi connectivity index (χ3n) is 4.26. The van der Waals surface area contributed by atoms with Crippen molar-refractivity contribution in [2.24, 2.45) is 5.41 Å². The molecule has 2 rings (SSSR count). The fraction of sp³-hybridized carbons (Fsp3) is 0.625. The summed E-state index contributed by atoms with van der Waals surface area (Å²) in [5, 5.41) is 9.69. The molecule has 1 aromatic heterocycles. The largest absolute Gasteiger partial charge is 0.481 e. The molecule has 20 heavy (non-hydrogen) atoms.